The first-order valence-corrected chi connectivity index (χ1v) is 11.9. The number of carbonyl (C=O) groups is 3. The zero-order valence-corrected chi connectivity index (χ0v) is 19.6. The molecule has 0 radical (unpaired) electrons. The van der Waals surface area contributed by atoms with Crippen molar-refractivity contribution in [3.8, 4) is 5.75 Å². The van der Waals surface area contributed by atoms with Crippen LogP contribution in [0.4, 0.5) is 11.4 Å². The summed E-state index contributed by atoms with van der Waals surface area (Å²) in [6, 6.07) is 18.1. The van der Waals surface area contributed by atoms with Crippen LogP contribution in [-0.2, 0) is 14.8 Å². The molecular weight excluding hydrogens is 472 g/mol. The summed E-state index contributed by atoms with van der Waals surface area (Å²) in [6.07, 6.45) is -0.0217. The van der Waals surface area contributed by atoms with Crippen molar-refractivity contribution in [1.29, 1.82) is 0 Å². The lowest BCUT2D eigenvalue weighted by atomic mass is 10.1. The van der Waals surface area contributed by atoms with E-state index < -0.39 is 27.7 Å². The second-order valence-electron chi connectivity index (χ2n) is 7.33. The Kier molecular flexibility index (Phi) is 8.05. The highest BCUT2D eigenvalue weighted by Gasteiger charge is 2.18. The lowest BCUT2D eigenvalue weighted by Crippen LogP contribution is -2.28. The monoisotopic (exact) mass is 496 g/mol. The number of benzene rings is 3. The molecule has 0 saturated carbocycles. The molecule has 0 atom stereocenters. The maximum atomic E-state index is 12.9. The predicted octanol–water partition coefficient (Wildman–Crippen LogP) is 2.35. The standard InChI is InChI=1S/C24H24N4O6S/c1-34-18-11-9-17(10-12-18)28-35(32,33)19-6-4-5-16(15-19)23(30)27-21-8-3-2-7-20(21)24(31)26-14-13-22(25)29/h2-12,15,28H,13-14H2,1H3,(H2,25,29)(H,26,31)(H,27,30). The van der Waals surface area contributed by atoms with E-state index in [1.165, 1.54) is 43.5 Å². The number of methoxy groups -OCH3 is 1. The summed E-state index contributed by atoms with van der Waals surface area (Å²) in [7, 11) is -2.47. The minimum absolute atomic E-state index is 0.0217. The van der Waals surface area contributed by atoms with Crippen LogP contribution in [0, 0.1) is 0 Å². The van der Waals surface area contributed by atoms with Crippen molar-refractivity contribution in [2.75, 3.05) is 23.7 Å². The van der Waals surface area contributed by atoms with Gasteiger partial charge in [-0.3, -0.25) is 19.1 Å². The Labute approximate surface area is 202 Å². The smallest absolute Gasteiger partial charge is 0.261 e. The minimum Gasteiger partial charge on any atom is -0.497 e. The van der Waals surface area contributed by atoms with Gasteiger partial charge >= 0.3 is 0 Å². The predicted molar refractivity (Wildman–Crippen MR) is 131 cm³/mol. The molecule has 3 aromatic rings. The van der Waals surface area contributed by atoms with E-state index in [0.717, 1.165) is 0 Å². The third-order valence-electron chi connectivity index (χ3n) is 4.83. The molecule has 10 nitrogen and oxygen atoms in total. The van der Waals surface area contributed by atoms with Gasteiger partial charge in [0.1, 0.15) is 5.75 Å². The molecule has 3 amide bonds. The van der Waals surface area contributed by atoms with Gasteiger partial charge in [0.05, 0.1) is 23.3 Å². The third-order valence-corrected chi connectivity index (χ3v) is 6.20. The average Bonchev–Trinajstić information content (AvgIpc) is 2.84. The van der Waals surface area contributed by atoms with E-state index in [2.05, 4.69) is 15.4 Å². The van der Waals surface area contributed by atoms with Crippen molar-refractivity contribution in [1.82, 2.24) is 5.32 Å². The van der Waals surface area contributed by atoms with Crippen LogP contribution in [-0.4, -0.2) is 39.8 Å². The quantitative estimate of drug-likeness (QED) is 0.337. The van der Waals surface area contributed by atoms with E-state index in [1.54, 1.807) is 36.4 Å². The Morgan fingerprint density at radius 1 is 0.914 bits per heavy atom. The van der Waals surface area contributed by atoms with Crippen LogP contribution in [0.15, 0.2) is 77.7 Å². The molecular formula is C24H24N4O6S. The van der Waals surface area contributed by atoms with Gasteiger partial charge in [-0.1, -0.05) is 18.2 Å². The van der Waals surface area contributed by atoms with Crippen molar-refractivity contribution in [2.24, 2.45) is 5.73 Å². The van der Waals surface area contributed by atoms with Crippen LogP contribution >= 0.6 is 0 Å². The number of rotatable bonds is 10. The van der Waals surface area contributed by atoms with Gasteiger partial charge in [0.15, 0.2) is 0 Å². The molecule has 0 aromatic heterocycles. The number of nitrogens with two attached hydrogens (primary N) is 1. The SMILES string of the molecule is COc1ccc(NS(=O)(=O)c2cccc(C(=O)Nc3ccccc3C(=O)NCCC(N)=O)c2)cc1. The Hall–Kier alpha value is -4.38. The fourth-order valence-corrected chi connectivity index (χ4v) is 4.16. The molecule has 0 spiro atoms. The van der Waals surface area contributed by atoms with Crippen LogP contribution in [0.2, 0.25) is 0 Å². The second kappa shape index (κ2) is 11.2. The largest absolute Gasteiger partial charge is 0.497 e. The molecule has 0 aliphatic carbocycles. The maximum absolute atomic E-state index is 12.9. The van der Waals surface area contributed by atoms with Crippen LogP contribution in [0.5, 0.6) is 5.75 Å². The average molecular weight is 497 g/mol. The molecule has 0 saturated heterocycles. The highest BCUT2D eigenvalue weighted by atomic mass is 32.2. The number of amides is 3. The van der Waals surface area contributed by atoms with Crippen LogP contribution < -0.4 is 25.8 Å². The van der Waals surface area contributed by atoms with E-state index in [0.29, 0.717) is 11.4 Å². The molecule has 3 rings (SSSR count). The molecule has 0 bridgehead atoms. The molecule has 0 unspecified atom stereocenters. The van der Waals surface area contributed by atoms with Crippen molar-refractivity contribution in [3.05, 3.63) is 83.9 Å². The first-order valence-electron chi connectivity index (χ1n) is 10.4. The van der Waals surface area contributed by atoms with Gasteiger partial charge in [-0.15, -0.1) is 0 Å². The molecule has 5 N–H and O–H groups in total. The normalized spacial score (nSPS) is 10.8. The number of nitrogens with one attached hydrogen (secondary N) is 3. The number of sulfonamides is 1. The van der Waals surface area contributed by atoms with Gasteiger partial charge in [0, 0.05) is 24.2 Å². The van der Waals surface area contributed by atoms with Crippen molar-refractivity contribution < 1.29 is 27.5 Å². The number of hydrogen-bond acceptors (Lipinski definition) is 6. The molecule has 0 aliphatic heterocycles. The van der Waals surface area contributed by atoms with Crippen molar-refractivity contribution in [2.45, 2.75) is 11.3 Å². The van der Waals surface area contributed by atoms with E-state index in [1.807, 2.05) is 0 Å². The number of hydrogen-bond donors (Lipinski definition) is 4. The zero-order chi connectivity index (χ0) is 25.4. The number of primary amides is 1. The van der Waals surface area contributed by atoms with Crippen LogP contribution in [0.3, 0.4) is 0 Å². The first-order chi connectivity index (χ1) is 16.7. The number of para-hydroxylation sites is 1. The lowest BCUT2D eigenvalue weighted by Gasteiger charge is -2.12. The molecule has 3 aromatic carbocycles. The van der Waals surface area contributed by atoms with E-state index in [9.17, 15) is 22.8 Å². The van der Waals surface area contributed by atoms with Gasteiger partial charge < -0.3 is 21.1 Å². The number of carbonyl (C=O) groups excluding carboxylic acids is 3. The molecule has 11 heteroatoms. The summed E-state index contributed by atoms with van der Waals surface area (Å²) >= 11 is 0. The number of ether oxygens (including phenoxy) is 1. The van der Waals surface area contributed by atoms with Crippen molar-refractivity contribution >= 4 is 39.1 Å². The molecule has 0 fully saturated rings. The summed E-state index contributed by atoms with van der Waals surface area (Å²) in [5.41, 5.74) is 5.88. The number of anilines is 2. The molecule has 0 heterocycles. The fourth-order valence-electron chi connectivity index (χ4n) is 3.06. The minimum atomic E-state index is -3.97. The molecule has 182 valence electrons. The molecule has 0 aliphatic rings. The van der Waals surface area contributed by atoms with Gasteiger partial charge in [-0.25, -0.2) is 8.42 Å². The van der Waals surface area contributed by atoms with Gasteiger partial charge in [-0.2, -0.15) is 0 Å². The van der Waals surface area contributed by atoms with Gasteiger partial charge in [-0.05, 0) is 54.6 Å². The second-order valence-corrected chi connectivity index (χ2v) is 9.02. The summed E-state index contributed by atoms with van der Waals surface area (Å²) in [5.74, 6) is -1.08. The first kappa shape index (κ1) is 25.2. The van der Waals surface area contributed by atoms with Crippen LogP contribution in [0.25, 0.3) is 0 Å². The topological polar surface area (TPSA) is 157 Å². The third kappa shape index (κ3) is 6.81. The van der Waals surface area contributed by atoms with Crippen molar-refractivity contribution in [3.63, 3.8) is 0 Å². The maximum Gasteiger partial charge on any atom is 0.261 e. The zero-order valence-electron chi connectivity index (χ0n) is 18.8. The Bertz CT molecular complexity index is 1340. The Morgan fingerprint density at radius 2 is 1.63 bits per heavy atom. The summed E-state index contributed by atoms with van der Waals surface area (Å²) in [5, 5.41) is 5.18. The summed E-state index contributed by atoms with van der Waals surface area (Å²) in [6.45, 7) is 0.0531. The fraction of sp³-hybridized carbons (Fsp3) is 0.125. The Morgan fingerprint density at radius 3 is 2.31 bits per heavy atom. The highest BCUT2D eigenvalue weighted by molar-refractivity contribution is 7.92. The molecule has 35 heavy (non-hydrogen) atoms. The van der Waals surface area contributed by atoms with E-state index >= 15 is 0 Å². The summed E-state index contributed by atoms with van der Waals surface area (Å²) < 4.78 is 33.2. The Balaban J connectivity index is 1.76. The van der Waals surface area contributed by atoms with Gasteiger partial charge in [0.2, 0.25) is 5.91 Å². The van der Waals surface area contributed by atoms with E-state index in [4.69, 9.17) is 10.5 Å². The van der Waals surface area contributed by atoms with Crippen LogP contribution in [0.1, 0.15) is 27.1 Å². The highest BCUT2D eigenvalue weighted by Crippen LogP contribution is 2.21. The lowest BCUT2D eigenvalue weighted by molar-refractivity contribution is -0.117. The summed E-state index contributed by atoms with van der Waals surface area (Å²) in [4.78, 5) is 36.1. The van der Waals surface area contributed by atoms with Gasteiger partial charge in [0.25, 0.3) is 21.8 Å². The van der Waals surface area contributed by atoms with E-state index in [-0.39, 0.29) is 34.7 Å².